The van der Waals surface area contributed by atoms with Crippen molar-refractivity contribution < 1.29 is 27.4 Å². The van der Waals surface area contributed by atoms with Crippen LogP contribution in [0, 0.1) is 0 Å². The molecule has 0 bridgehead atoms. The zero-order chi connectivity index (χ0) is 17.6. The van der Waals surface area contributed by atoms with E-state index in [-0.39, 0.29) is 6.42 Å². The maximum Gasteiger partial charge on any atom is 0.406 e. The van der Waals surface area contributed by atoms with E-state index in [1.807, 2.05) is 6.92 Å². The fraction of sp³-hybridized carbons (Fsp3) is 0.533. The second-order valence-electron chi connectivity index (χ2n) is 4.80. The molecule has 0 atom stereocenters. The average molecular weight is 398 g/mol. The van der Waals surface area contributed by atoms with Crippen molar-refractivity contribution in [2.45, 2.75) is 26.4 Å². The van der Waals surface area contributed by atoms with Crippen LogP contribution in [0.4, 0.5) is 13.2 Å². The van der Waals surface area contributed by atoms with Gasteiger partial charge in [0.05, 0.1) is 19.6 Å². The topological polar surface area (TPSA) is 38.8 Å². The number of hydrogen-bond donors (Lipinski definition) is 0. The van der Waals surface area contributed by atoms with E-state index in [9.17, 15) is 18.0 Å². The van der Waals surface area contributed by atoms with E-state index in [4.69, 9.17) is 9.47 Å². The van der Waals surface area contributed by atoms with E-state index in [0.717, 1.165) is 7.05 Å². The summed E-state index contributed by atoms with van der Waals surface area (Å²) in [6.07, 6.45) is -4.59. The monoisotopic (exact) mass is 397 g/mol. The number of alkyl halides is 3. The van der Waals surface area contributed by atoms with Gasteiger partial charge in [-0.15, -0.1) is 0 Å². The molecule has 1 aromatic rings. The van der Waals surface area contributed by atoms with Gasteiger partial charge in [0.1, 0.15) is 6.54 Å². The van der Waals surface area contributed by atoms with Gasteiger partial charge in [-0.1, -0.05) is 15.9 Å². The summed E-state index contributed by atoms with van der Waals surface area (Å²) in [6, 6.07) is 3.26. The van der Waals surface area contributed by atoms with E-state index in [1.165, 1.54) is 0 Å². The third kappa shape index (κ3) is 6.29. The van der Waals surface area contributed by atoms with Crippen LogP contribution in [0.15, 0.2) is 16.6 Å². The highest BCUT2D eigenvalue weighted by molar-refractivity contribution is 9.10. The summed E-state index contributed by atoms with van der Waals surface area (Å²) in [5, 5.41) is 0. The summed E-state index contributed by atoms with van der Waals surface area (Å²) in [4.78, 5) is 12.6. The van der Waals surface area contributed by atoms with Crippen molar-refractivity contribution in [2.75, 3.05) is 26.8 Å². The normalized spacial score (nSPS) is 11.3. The smallest absolute Gasteiger partial charge is 0.406 e. The SMILES string of the molecule is CCOc1cc(Br)c(CC(=O)N(C)CC(F)(F)F)cc1OCC. The van der Waals surface area contributed by atoms with Gasteiger partial charge in [-0.3, -0.25) is 4.79 Å². The molecule has 0 radical (unpaired) electrons. The quantitative estimate of drug-likeness (QED) is 0.701. The molecule has 0 fully saturated rings. The lowest BCUT2D eigenvalue weighted by atomic mass is 10.1. The molecule has 1 amide bonds. The predicted octanol–water partition coefficient (Wildman–Crippen LogP) is 3.81. The number of ether oxygens (including phenoxy) is 2. The number of hydrogen-bond acceptors (Lipinski definition) is 3. The minimum absolute atomic E-state index is 0.167. The summed E-state index contributed by atoms with van der Waals surface area (Å²) in [6.45, 7) is 3.20. The first kappa shape index (κ1) is 19.6. The zero-order valence-corrected chi connectivity index (χ0v) is 14.8. The van der Waals surface area contributed by atoms with Gasteiger partial charge < -0.3 is 14.4 Å². The minimum Gasteiger partial charge on any atom is -0.490 e. The number of carbonyl (C=O) groups excluding carboxylic acids is 1. The van der Waals surface area contributed by atoms with Gasteiger partial charge in [0.2, 0.25) is 5.91 Å². The van der Waals surface area contributed by atoms with E-state index < -0.39 is 18.6 Å². The second-order valence-corrected chi connectivity index (χ2v) is 5.65. The van der Waals surface area contributed by atoms with Gasteiger partial charge in [-0.25, -0.2) is 0 Å². The van der Waals surface area contributed by atoms with E-state index in [2.05, 4.69) is 15.9 Å². The Balaban J connectivity index is 2.95. The van der Waals surface area contributed by atoms with Gasteiger partial charge in [-0.2, -0.15) is 13.2 Å². The van der Waals surface area contributed by atoms with Gasteiger partial charge in [0.25, 0.3) is 0 Å². The fourth-order valence-electron chi connectivity index (χ4n) is 1.90. The molecule has 130 valence electrons. The molecular formula is C15H19BrF3NO3. The molecule has 0 aromatic heterocycles. The van der Waals surface area contributed by atoms with Crippen molar-refractivity contribution in [1.82, 2.24) is 4.90 Å². The Labute approximate surface area is 141 Å². The molecule has 1 rings (SSSR count). The van der Waals surface area contributed by atoms with Crippen LogP contribution in [-0.4, -0.2) is 43.8 Å². The van der Waals surface area contributed by atoms with Crippen LogP contribution in [-0.2, 0) is 11.2 Å². The number of likely N-dealkylation sites (N-methyl/N-ethyl adjacent to an activating group) is 1. The number of benzene rings is 1. The third-order valence-electron chi connectivity index (χ3n) is 2.90. The molecule has 1 aromatic carbocycles. The number of halogens is 4. The third-order valence-corrected chi connectivity index (χ3v) is 3.63. The Kier molecular flexibility index (Phi) is 7.18. The van der Waals surface area contributed by atoms with Crippen LogP contribution >= 0.6 is 15.9 Å². The van der Waals surface area contributed by atoms with Crippen molar-refractivity contribution >= 4 is 21.8 Å². The Morgan fingerprint density at radius 1 is 1.17 bits per heavy atom. The summed E-state index contributed by atoms with van der Waals surface area (Å²) >= 11 is 3.31. The van der Waals surface area contributed by atoms with Crippen LogP contribution in [0.3, 0.4) is 0 Å². The zero-order valence-electron chi connectivity index (χ0n) is 13.2. The highest BCUT2D eigenvalue weighted by Crippen LogP contribution is 2.34. The fourth-order valence-corrected chi connectivity index (χ4v) is 2.37. The first-order valence-corrected chi connectivity index (χ1v) is 7.86. The van der Waals surface area contributed by atoms with E-state index in [0.29, 0.717) is 39.6 Å². The molecule has 23 heavy (non-hydrogen) atoms. The Bertz CT molecular complexity index is 550. The van der Waals surface area contributed by atoms with Crippen LogP contribution in [0.5, 0.6) is 11.5 Å². The lowest BCUT2D eigenvalue weighted by molar-refractivity contribution is -0.157. The summed E-state index contributed by atoms with van der Waals surface area (Å²) in [5.41, 5.74) is 0.538. The van der Waals surface area contributed by atoms with E-state index in [1.54, 1.807) is 19.1 Å². The lowest BCUT2D eigenvalue weighted by Crippen LogP contribution is -2.36. The van der Waals surface area contributed by atoms with Crippen LogP contribution in [0.25, 0.3) is 0 Å². The van der Waals surface area contributed by atoms with E-state index >= 15 is 0 Å². The molecule has 0 aliphatic heterocycles. The molecule has 0 saturated heterocycles. The summed E-state index contributed by atoms with van der Waals surface area (Å²) in [7, 11) is 1.13. The lowest BCUT2D eigenvalue weighted by Gasteiger charge is -2.20. The Hall–Kier alpha value is -1.44. The first-order chi connectivity index (χ1) is 10.7. The van der Waals surface area contributed by atoms with Gasteiger partial charge in [0, 0.05) is 11.5 Å². The highest BCUT2D eigenvalue weighted by atomic mass is 79.9. The van der Waals surface area contributed by atoms with Crippen molar-refractivity contribution in [1.29, 1.82) is 0 Å². The van der Waals surface area contributed by atoms with Crippen LogP contribution < -0.4 is 9.47 Å². The summed E-state index contributed by atoms with van der Waals surface area (Å²) < 4.78 is 48.5. The maximum absolute atomic E-state index is 12.3. The molecule has 0 N–H and O–H groups in total. The molecule has 0 aliphatic rings. The standard InChI is InChI=1S/C15H19BrF3NO3/c1-4-22-12-6-10(11(16)8-13(12)23-5-2)7-14(21)20(3)9-15(17,18)19/h6,8H,4-5,7,9H2,1-3H3. The number of amides is 1. The molecule has 8 heteroatoms. The molecule has 0 heterocycles. The molecule has 0 saturated carbocycles. The number of carbonyl (C=O) groups is 1. The van der Waals surface area contributed by atoms with Crippen LogP contribution in [0.1, 0.15) is 19.4 Å². The van der Waals surface area contributed by atoms with Crippen molar-refractivity contribution in [3.8, 4) is 11.5 Å². The average Bonchev–Trinajstić information content (AvgIpc) is 2.42. The number of nitrogens with zero attached hydrogens (tertiary/aromatic N) is 1. The maximum atomic E-state index is 12.3. The summed E-state index contributed by atoms with van der Waals surface area (Å²) in [5.74, 6) is 0.342. The minimum atomic E-state index is -4.42. The van der Waals surface area contributed by atoms with Gasteiger partial charge in [-0.05, 0) is 31.5 Å². The number of rotatable bonds is 7. The molecule has 0 spiro atoms. The van der Waals surface area contributed by atoms with Crippen molar-refractivity contribution in [3.63, 3.8) is 0 Å². The molecule has 0 unspecified atom stereocenters. The molecule has 0 aliphatic carbocycles. The van der Waals surface area contributed by atoms with Crippen LogP contribution in [0.2, 0.25) is 0 Å². The van der Waals surface area contributed by atoms with Crippen molar-refractivity contribution in [2.24, 2.45) is 0 Å². The highest BCUT2D eigenvalue weighted by Gasteiger charge is 2.31. The predicted molar refractivity (Wildman–Crippen MR) is 83.9 cm³/mol. The second kappa shape index (κ2) is 8.42. The first-order valence-electron chi connectivity index (χ1n) is 7.06. The Morgan fingerprint density at radius 2 is 1.70 bits per heavy atom. The van der Waals surface area contributed by atoms with Gasteiger partial charge in [0.15, 0.2) is 11.5 Å². The largest absolute Gasteiger partial charge is 0.490 e. The molecular weight excluding hydrogens is 379 g/mol. The van der Waals surface area contributed by atoms with Gasteiger partial charge >= 0.3 is 6.18 Å². The molecule has 4 nitrogen and oxygen atoms in total. The van der Waals surface area contributed by atoms with Crippen molar-refractivity contribution in [3.05, 3.63) is 22.2 Å². The Morgan fingerprint density at radius 3 is 2.17 bits per heavy atom.